The quantitative estimate of drug-likeness (QED) is 0.238. The van der Waals surface area contributed by atoms with Crippen LogP contribution in [-0.4, -0.2) is 50.0 Å². The molecule has 0 spiro atoms. The number of aromatic nitrogens is 4. The van der Waals surface area contributed by atoms with Crippen LogP contribution in [0.4, 0.5) is 8.78 Å². The normalized spacial score (nSPS) is 14.1. The van der Waals surface area contributed by atoms with Gasteiger partial charge in [0.15, 0.2) is 34.1 Å². The number of rotatable bonds is 7. The van der Waals surface area contributed by atoms with Crippen molar-refractivity contribution < 1.29 is 13.2 Å². The zero-order valence-corrected chi connectivity index (χ0v) is 21.4. The fourth-order valence-corrected chi connectivity index (χ4v) is 5.23. The van der Waals surface area contributed by atoms with E-state index in [4.69, 9.17) is 4.42 Å². The highest BCUT2D eigenvalue weighted by Gasteiger charge is 2.17. The molecule has 0 fully saturated rings. The lowest BCUT2D eigenvalue weighted by Gasteiger charge is -2.19. The van der Waals surface area contributed by atoms with E-state index < -0.39 is 11.6 Å². The monoisotopic (exact) mass is 519 g/mol. The van der Waals surface area contributed by atoms with Crippen molar-refractivity contribution >= 4 is 35.3 Å². The molecule has 0 unspecified atom stereocenters. The molecular formula is C25H28ClF2N5OS. The number of hydrogen-bond acceptors (Lipinski definition) is 6. The molecule has 35 heavy (non-hydrogen) atoms. The van der Waals surface area contributed by atoms with Gasteiger partial charge in [-0.2, -0.15) is 0 Å². The van der Waals surface area contributed by atoms with Crippen LogP contribution in [0.3, 0.4) is 0 Å². The molecule has 0 saturated carbocycles. The van der Waals surface area contributed by atoms with Crippen LogP contribution < -0.4 is 0 Å². The molecule has 6 nitrogen and oxygen atoms in total. The Morgan fingerprint density at radius 1 is 1.03 bits per heavy atom. The van der Waals surface area contributed by atoms with Gasteiger partial charge in [-0.1, -0.05) is 18.7 Å². The van der Waals surface area contributed by atoms with E-state index >= 15 is 0 Å². The predicted molar refractivity (Wildman–Crippen MR) is 136 cm³/mol. The highest BCUT2D eigenvalue weighted by atomic mass is 35.5. The minimum Gasteiger partial charge on any atom is -0.441 e. The van der Waals surface area contributed by atoms with E-state index in [1.807, 2.05) is 11.6 Å². The van der Waals surface area contributed by atoms with Crippen LogP contribution in [0.5, 0.6) is 0 Å². The van der Waals surface area contributed by atoms with E-state index in [2.05, 4.69) is 39.1 Å². The second-order valence-electron chi connectivity index (χ2n) is 8.59. The van der Waals surface area contributed by atoms with Crippen LogP contribution in [0.1, 0.15) is 30.4 Å². The summed E-state index contributed by atoms with van der Waals surface area (Å²) < 4.78 is 34.5. The van der Waals surface area contributed by atoms with Crippen LogP contribution in [0.25, 0.3) is 22.5 Å². The first-order chi connectivity index (χ1) is 16.5. The van der Waals surface area contributed by atoms with E-state index in [0.717, 1.165) is 85.4 Å². The summed E-state index contributed by atoms with van der Waals surface area (Å²) in [4.78, 5) is 7.09. The fourth-order valence-electron chi connectivity index (χ4n) is 4.39. The smallest absolute Gasteiger partial charge is 0.195 e. The van der Waals surface area contributed by atoms with Crippen molar-refractivity contribution in [2.24, 2.45) is 7.05 Å². The SMILES string of the molecule is CCc1nc2cc3c(cc2o1)CCN(CCCSc1nnc(-c2ccc(F)c(F)c2)n1C)CC3.Cl. The Labute approximate surface area is 213 Å². The Morgan fingerprint density at radius 3 is 2.54 bits per heavy atom. The van der Waals surface area contributed by atoms with E-state index in [0.29, 0.717) is 11.4 Å². The van der Waals surface area contributed by atoms with E-state index in [1.165, 1.54) is 17.2 Å². The molecule has 2 aromatic carbocycles. The van der Waals surface area contributed by atoms with Gasteiger partial charge in [-0.3, -0.25) is 0 Å². The number of thioether (sulfide) groups is 1. The molecule has 2 aromatic heterocycles. The van der Waals surface area contributed by atoms with Crippen LogP contribution in [-0.2, 0) is 26.3 Å². The molecule has 0 aliphatic carbocycles. The molecule has 186 valence electrons. The Bertz CT molecular complexity index is 1280. The molecule has 10 heteroatoms. The van der Waals surface area contributed by atoms with Crippen molar-refractivity contribution in [3.05, 3.63) is 59.0 Å². The van der Waals surface area contributed by atoms with Crippen LogP contribution >= 0.6 is 24.2 Å². The standard InChI is InChI=1S/C25H27F2N5OS.ClH/c1-3-23-28-21-14-16-7-10-32(11-8-17(16)15-22(21)33-23)9-4-12-34-25-30-29-24(31(25)2)18-5-6-19(26)20(27)13-18;/h5-6,13-15H,3-4,7-12H2,1-2H3;1H. The minimum atomic E-state index is -0.884. The number of nitrogens with zero attached hydrogens (tertiary/aromatic N) is 5. The summed E-state index contributed by atoms with van der Waals surface area (Å²) in [6.07, 6.45) is 3.87. The van der Waals surface area contributed by atoms with Gasteiger partial charge in [0, 0.05) is 37.9 Å². The molecule has 1 aliphatic rings. The topological polar surface area (TPSA) is 60.0 Å². The lowest BCUT2D eigenvalue weighted by Crippen LogP contribution is -2.27. The highest BCUT2D eigenvalue weighted by molar-refractivity contribution is 7.99. The molecule has 1 aliphatic heterocycles. The third-order valence-corrected chi connectivity index (χ3v) is 7.42. The summed E-state index contributed by atoms with van der Waals surface area (Å²) in [5.74, 6) is 0.481. The second kappa shape index (κ2) is 11.1. The van der Waals surface area contributed by atoms with Crippen LogP contribution in [0.2, 0.25) is 0 Å². The highest BCUT2D eigenvalue weighted by Crippen LogP contribution is 2.26. The molecule has 4 aromatic rings. The maximum atomic E-state index is 13.6. The summed E-state index contributed by atoms with van der Waals surface area (Å²) in [6.45, 7) is 5.14. The van der Waals surface area contributed by atoms with Crippen molar-refractivity contribution in [2.45, 2.75) is 37.8 Å². The second-order valence-corrected chi connectivity index (χ2v) is 9.65. The average Bonchev–Trinajstić information content (AvgIpc) is 3.35. The summed E-state index contributed by atoms with van der Waals surface area (Å²) in [7, 11) is 1.85. The van der Waals surface area contributed by atoms with Gasteiger partial charge in [0.05, 0.1) is 0 Å². The van der Waals surface area contributed by atoms with E-state index in [9.17, 15) is 8.78 Å². The number of halogens is 3. The van der Waals surface area contributed by atoms with Crippen molar-refractivity contribution in [3.63, 3.8) is 0 Å². The van der Waals surface area contributed by atoms with Gasteiger partial charge >= 0.3 is 0 Å². The molecule has 0 bridgehead atoms. The maximum Gasteiger partial charge on any atom is 0.195 e. The van der Waals surface area contributed by atoms with Crippen molar-refractivity contribution in [1.82, 2.24) is 24.6 Å². The molecule has 3 heterocycles. The Morgan fingerprint density at radius 2 is 1.80 bits per heavy atom. The lowest BCUT2D eigenvalue weighted by atomic mass is 10.0. The molecule has 0 saturated heterocycles. The van der Waals surface area contributed by atoms with Gasteiger partial charge in [0.1, 0.15) is 5.52 Å². The first-order valence-electron chi connectivity index (χ1n) is 11.6. The number of fused-ring (bicyclic) bond motifs is 2. The lowest BCUT2D eigenvalue weighted by molar-refractivity contribution is 0.289. The van der Waals surface area contributed by atoms with Crippen LogP contribution in [0.15, 0.2) is 39.9 Å². The molecule has 0 amide bonds. The summed E-state index contributed by atoms with van der Waals surface area (Å²) in [5.41, 5.74) is 5.12. The predicted octanol–water partition coefficient (Wildman–Crippen LogP) is 5.47. The minimum absolute atomic E-state index is 0. The molecule has 0 N–H and O–H groups in total. The van der Waals surface area contributed by atoms with Gasteiger partial charge in [-0.05, 0) is 67.3 Å². The van der Waals surface area contributed by atoms with Crippen molar-refractivity contribution in [2.75, 3.05) is 25.4 Å². The van der Waals surface area contributed by atoms with Gasteiger partial charge in [0.2, 0.25) is 0 Å². The maximum absolute atomic E-state index is 13.6. The Kier molecular flexibility index (Phi) is 8.09. The zero-order valence-electron chi connectivity index (χ0n) is 19.8. The summed E-state index contributed by atoms with van der Waals surface area (Å²) in [5, 5.41) is 9.17. The number of oxazole rings is 1. The first-order valence-corrected chi connectivity index (χ1v) is 12.6. The zero-order chi connectivity index (χ0) is 23.7. The number of benzene rings is 2. The van der Waals surface area contributed by atoms with Crippen molar-refractivity contribution in [1.29, 1.82) is 0 Å². The van der Waals surface area contributed by atoms with Crippen LogP contribution in [0, 0.1) is 11.6 Å². The largest absolute Gasteiger partial charge is 0.441 e. The average molecular weight is 520 g/mol. The molecular weight excluding hydrogens is 492 g/mol. The van der Waals surface area contributed by atoms with Crippen molar-refractivity contribution in [3.8, 4) is 11.4 Å². The summed E-state index contributed by atoms with van der Waals surface area (Å²) >= 11 is 1.63. The molecule has 0 atom stereocenters. The molecule has 5 rings (SSSR count). The number of aryl methyl sites for hydroxylation is 1. The molecule has 0 radical (unpaired) electrons. The van der Waals surface area contributed by atoms with Gasteiger partial charge in [0.25, 0.3) is 0 Å². The Balaban J connectivity index is 0.00000289. The van der Waals surface area contributed by atoms with Gasteiger partial charge < -0.3 is 13.9 Å². The Hall–Kier alpha value is -2.49. The first kappa shape index (κ1) is 25.6. The van der Waals surface area contributed by atoms with Gasteiger partial charge in [-0.15, -0.1) is 22.6 Å². The number of hydrogen-bond donors (Lipinski definition) is 0. The third kappa shape index (κ3) is 5.52. The van der Waals surface area contributed by atoms with Gasteiger partial charge in [-0.25, -0.2) is 13.8 Å². The third-order valence-electron chi connectivity index (χ3n) is 6.31. The summed E-state index contributed by atoms with van der Waals surface area (Å²) in [6, 6.07) is 8.16. The van der Waals surface area contributed by atoms with E-state index in [-0.39, 0.29) is 12.4 Å². The van der Waals surface area contributed by atoms with E-state index in [1.54, 1.807) is 11.8 Å². The fraction of sp³-hybridized carbons (Fsp3) is 0.400.